The second-order valence-corrected chi connectivity index (χ2v) is 10.5. The van der Waals surface area contributed by atoms with Crippen molar-refractivity contribution in [3.05, 3.63) is 89.3 Å². The van der Waals surface area contributed by atoms with Crippen LogP contribution in [0.2, 0.25) is 0 Å². The number of amides is 2. The number of carbonyl (C=O) groups excluding carboxylic acids is 2. The Balaban J connectivity index is 1.37. The van der Waals surface area contributed by atoms with Gasteiger partial charge in [0.15, 0.2) is 5.13 Å². The number of thioether (sulfide) groups is 1. The third-order valence-corrected chi connectivity index (χ3v) is 7.66. The first-order chi connectivity index (χ1) is 17.9. The van der Waals surface area contributed by atoms with Crippen molar-refractivity contribution in [3.8, 4) is 17.0 Å². The monoisotopic (exact) mass is 531 g/mol. The summed E-state index contributed by atoms with van der Waals surface area (Å²) in [5.41, 5.74) is 4.16. The molecule has 3 aromatic carbocycles. The van der Waals surface area contributed by atoms with E-state index in [4.69, 9.17) is 4.74 Å². The van der Waals surface area contributed by atoms with Crippen LogP contribution in [0.4, 0.5) is 10.8 Å². The van der Waals surface area contributed by atoms with E-state index in [0.717, 1.165) is 27.5 Å². The smallest absolute Gasteiger partial charge is 0.255 e. The van der Waals surface area contributed by atoms with E-state index >= 15 is 0 Å². The quantitative estimate of drug-likeness (QED) is 0.210. The molecule has 1 unspecified atom stereocenters. The molecule has 0 saturated carbocycles. The zero-order valence-corrected chi connectivity index (χ0v) is 22.6. The van der Waals surface area contributed by atoms with Gasteiger partial charge in [-0.25, -0.2) is 4.98 Å². The Morgan fingerprint density at radius 2 is 1.76 bits per heavy atom. The van der Waals surface area contributed by atoms with Gasteiger partial charge < -0.3 is 15.4 Å². The van der Waals surface area contributed by atoms with E-state index in [-0.39, 0.29) is 17.1 Å². The van der Waals surface area contributed by atoms with Gasteiger partial charge in [0, 0.05) is 27.1 Å². The fourth-order valence-corrected chi connectivity index (χ4v) is 5.32. The number of hydrogen-bond acceptors (Lipinski definition) is 6. The van der Waals surface area contributed by atoms with E-state index in [1.54, 1.807) is 12.1 Å². The molecule has 0 radical (unpaired) electrons. The second-order valence-electron chi connectivity index (χ2n) is 8.35. The molecule has 4 aromatic rings. The number of anilines is 2. The lowest BCUT2D eigenvalue weighted by molar-refractivity contribution is -0.115. The summed E-state index contributed by atoms with van der Waals surface area (Å²) in [7, 11) is 0. The minimum absolute atomic E-state index is 0.103. The third kappa shape index (κ3) is 7.21. The second kappa shape index (κ2) is 12.6. The highest BCUT2D eigenvalue weighted by Crippen LogP contribution is 2.30. The first kappa shape index (κ1) is 26.4. The Morgan fingerprint density at radius 3 is 2.46 bits per heavy atom. The normalized spacial score (nSPS) is 11.5. The van der Waals surface area contributed by atoms with E-state index in [1.165, 1.54) is 23.1 Å². The molecule has 4 rings (SSSR count). The molecule has 0 saturated heterocycles. The first-order valence-electron chi connectivity index (χ1n) is 12.1. The highest BCUT2D eigenvalue weighted by molar-refractivity contribution is 8.00. The van der Waals surface area contributed by atoms with Gasteiger partial charge in [-0.15, -0.1) is 23.1 Å². The summed E-state index contributed by atoms with van der Waals surface area (Å²) in [5, 5.41) is 8.09. The maximum atomic E-state index is 13.0. The number of hydrogen-bond donors (Lipinski definition) is 2. The average Bonchev–Trinajstić information content (AvgIpc) is 3.37. The van der Waals surface area contributed by atoms with Crippen LogP contribution < -0.4 is 15.4 Å². The Morgan fingerprint density at radius 1 is 1.00 bits per heavy atom. The highest BCUT2D eigenvalue weighted by Gasteiger charge is 2.20. The standard InChI is InChI=1S/C29H29N3O3S2/c1-4-26(28(34)32-29-31-25(18-36-29)20-13-15-23(16-14-20)35-5-2)37-24-8-6-7-22(17-24)30-27(33)21-11-9-19(3)10-12-21/h6-18,26H,4-5H2,1-3H3,(H,30,33)(H,31,32,34). The minimum Gasteiger partial charge on any atom is -0.494 e. The molecule has 0 aliphatic carbocycles. The van der Waals surface area contributed by atoms with Crippen LogP contribution >= 0.6 is 23.1 Å². The number of aryl methyl sites for hydroxylation is 1. The molecule has 8 heteroatoms. The SMILES string of the molecule is CCOc1ccc(-c2csc(NC(=O)C(CC)Sc3cccc(NC(=O)c4ccc(C)cc4)c3)n2)cc1. The van der Waals surface area contributed by atoms with Crippen molar-refractivity contribution in [1.82, 2.24) is 4.98 Å². The van der Waals surface area contributed by atoms with E-state index in [1.807, 2.05) is 86.8 Å². The lowest BCUT2D eigenvalue weighted by Crippen LogP contribution is -2.24. The van der Waals surface area contributed by atoms with Gasteiger partial charge in [-0.3, -0.25) is 9.59 Å². The molecule has 2 amide bonds. The van der Waals surface area contributed by atoms with Crippen molar-refractivity contribution in [3.63, 3.8) is 0 Å². The fourth-order valence-electron chi connectivity index (χ4n) is 3.58. The molecule has 37 heavy (non-hydrogen) atoms. The molecule has 0 aliphatic heterocycles. The van der Waals surface area contributed by atoms with Gasteiger partial charge in [0.25, 0.3) is 5.91 Å². The molecule has 1 aromatic heterocycles. The number of carbonyl (C=O) groups is 2. The summed E-state index contributed by atoms with van der Waals surface area (Å²) < 4.78 is 5.49. The van der Waals surface area contributed by atoms with Crippen LogP contribution in [0.5, 0.6) is 5.75 Å². The summed E-state index contributed by atoms with van der Waals surface area (Å²) in [5.74, 6) is 0.546. The van der Waals surface area contributed by atoms with Crippen LogP contribution in [-0.2, 0) is 4.79 Å². The Kier molecular flexibility index (Phi) is 8.98. The van der Waals surface area contributed by atoms with Crippen LogP contribution in [0.15, 0.2) is 83.1 Å². The molecule has 2 N–H and O–H groups in total. The molecule has 190 valence electrons. The van der Waals surface area contributed by atoms with Gasteiger partial charge in [-0.05, 0) is 74.9 Å². The van der Waals surface area contributed by atoms with Crippen LogP contribution in [0, 0.1) is 6.92 Å². The summed E-state index contributed by atoms with van der Waals surface area (Å²) >= 11 is 2.86. The van der Waals surface area contributed by atoms with Gasteiger partial charge in [0.2, 0.25) is 5.91 Å². The predicted octanol–water partition coefficient (Wildman–Crippen LogP) is 7.28. The number of rotatable bonds is 10. The maximum absolute atomic E-state index is 13.0. The van der Waals surface area contributed by atoms with Crippen molar-refractivity contribution in [1.29, 1.82) is 0 Å². The third-order valence-electron chi connectivity index (χ3n) is 5.54. The van der Waals surface area contributed by atoms with Crippen molar-refractivity contribution in [2.45, 2.75) is 37.3 Å². The number of nitrogens with zero attached hydrogens (tertiary/aromatic N) is 1. The number of ether oxygens (including phenoxy) is 1. The molecule has 0 fully saturated rings. The molecule has 1 heterocycles. The first-order valence-corrected chi connectivity index (χ1v) is 13.9. The lowest BCUT2D eigenvalue weighted by atomic mass is 10.1. The predicted molar refractivity (Wildman–Crippen MR) is 153 cm³/mol. The van der Waals surface area contributed by atoms with E-state index in [2.05, 4.69) is 15.6 Å². The number of aromatic nitrogens is 1. The van der Waals surface area contributed by atoms with Crippen LogP contribution in [0.25, 0.3) is 11.3 Å². The molecule has 0 bridgehead atoms. The number of benzene rings is 3. The fraction of sp³-hybridized carbons (Fsp3) is 0.207. The summed E-state index contributed by atoms with van der Waals surface area (Å²) in [4.78, 5) is 31.1. The average molecular weight is 532 g/mol. The Bertz CT molecular complexity index is 1350. The molecular formula is C29H29N3O3S2. The number of thiazole rings is 1. The van der Waals surface area contributed by atoms with Crippen LogP contribution in [0.3, 0.4) is 0 Å². The lowest BCUT2D eigenvalue weighted by Gasteiger charge is -2.14. The Labute approximate surface area is 225 Å². The molecular weight excluding hydrogens is 502 g/mol. The van der Waals surface area contributed by atoms with Gasteiger partial charge in [-0.2, -0.15) is 0 Å². The maximum Gasteiger partial charge on any atom is 0.255 e. The molecule has 1 atom stereocenters. The van der Waals surface area contributed by atoms with Crippen molar-refractivity contribution in [2.24, 2.45) is 0 Å². The van der Waals surface area contributed by atoms with Gasteiger partial charge in [0.1, 0.15) is 5.75 Å². The summed E-state index contributed by atoms with van der Waals surface area (Å²) in [6, 6.07) is 22.7. The van der Waals surface area contributed by atoms with Crippen molar-refractivity contribution < 1.29 is 14.3 Å². The zero-order valence-electron chi connectivity index (χ0n) is 21.0. The zero-order chi connectivity index (χ0) is 26.2. The molecule has 0 spiro atoms. The van der Waals surface area contributed by atoms with Gasteiger partial charge >= 0.3 is 0 Å². The highest BCUT2D eigenvalue weighted by atomic mass is 32.2. The van der Waals surface area contributed by atoms with Crippen molar-refractivity contribution in [2.75, 3.05) is 17.2 Å². The summed E-state index contributed by atoms with van der Waals surface area (Å²) in [6.45, 7) is 6.53. The Hall–Kier alpha value is -3.62. The van der Waals surface area contributed by atoms with Crippen LogP contribution in [-0.4, -0.2) is 28.7 Å². The van der Waals surface area contributed by atoms with Gasteiger partial charge in [-0.1, -0.05) is 30.7 Å². The molecule has 6 nitrogen and oxygen atoms in total. The minimum atomic E-state index is -0.305. The van der Waals surface area contributed by atoms with E-state index in [9.17, 15) is 9.59 Å². The van der Waals surface area contributed by atoms with Crippen molar-refractivity contribution >= 4 is 45.7 Å². The summed E-state index contributed by atoms with van der Waals surface area (Å²) in [6.07, 6.45) is 0.646. The largest absolute Gasteiger partial charge is 0.494 e. The van der Waals surface area contributed by atoms with Gasteiger partial charge in [0.05, 0.1) is 17.6 Å². The topological polar surface area (TPSA) is 80.3 Å². The molecule has 0 aliphatic rings. The number of nitrogens with one attached hydrogen (secondary N) is 2. The van der Waals surface area contributed by atoms with E-state index in [0.29, 0.717) is 29.4 Å². The van der Waals surface area contributed by atoms with Crippen LogP contribution in [0.1, 0.15) is 36.2 Å². The van der Waals surface area contributed by atoms with E-state index < -0.39 is 0 Å².